The van der Waals surface area contributed by atoms with Gasteiger partial charge in [-0.3, -0.25) is 0 Å². The third kappa shape index (κ3) is 4.88. The number of hydrogen-bond acceptors (Lipinski definition) is 3. The first-order chi connectivity index (χ1) is 10.0. The molecule has 2 atom stereocenters. The lowest BCUT2D eigenvalue weighted by Crippen LogP contribution is -2.40. The van der Waals surface area contributed by atoms with Crippen LogP contribution in [0.25, 0.3) is 0 Å². The summed E-state index contributed by atoms with van der Waals surface area (Å²) in [7, 11) is 0. The number of thioether (sulfide) groups is 1. The van der Waals surface area contributed by atoms with E-state index in [0.717, 1.165) is 38.1 Å². The number of nitrogens with one attached hydrogen (secondary N) is 1. The van der Waals surface area contributed by atoms with Crippen molar-refractivity contribution in [2.24, 2.45) is 0 Å². The van der Waals surface area contributed by atoms with E-state index in [0.29, 0.717) is 16.3 Å². The molecule has 0 bridgehead atoms. The molecule has 0 aliphatic heterocycles. The maximum Gasteiger partial charge on any atom is 0.417 e. The highest BCUT2D eigenvalue weighted by Gasteiger charge is 2.31. The van der Waals surface area contributed by atoms with Gasteiger partial charge >= 0.3 is 6.18 Å². The van der Waals surface area contributed by atoms with Gasteiger partial charge in [-0.15, -0.1) is 11.8 Å². The molecule has 1 aliphatic rings. The SMILES string of the molecule is CCCNC1CCCCC1Sc1ccc(C(F)(F)F)cn1. The van der Waals surface area contributed by atoms with Gasteiger partial charge in [-0.1, -0.05) is 19.8 Å². The van der Waals surface area contributed by atoms with Crippen LogP contribution >= 0.6 is 11.8 Å². The van der Waals surface area contributed by atoms with Gasteiger partial charge in [0.2, 0.25) is 0 Å². The van der Waals surface area contributed by atoms with Gasteiger partial charge in [0.25, 0.3) is 0 Å². The Morgan fingerprint density at radius 3 is 2.67 bits per heavy atom. The Morgan fingerprint density at radius 1 is 1.29 bits per heavy atom. The van der Waals surface area contributed by atoms with Gasteiger partial charge in [0.15, 0.2) is 0 Å². The molecule has 1 fully saturated rings. The van der Waals surface area contributed by atoms with Crippen molar-refractivity contribution >= 4 is 11.8 Å². The second-order valence-electron chi connectivity index (χ2n) is 5.38. The number of pyridine rings is 1. The summed E-state index contributed by atoms with van der Waals surface area (Å²) in [5.41, 5.74) is -0.684. The van der Waals surface area contributed by atoms with Crippen LogP contribution in [0.1, 0.15) is 44.6 Å². The summed E-state index contributed by atoms with van der Waals surface area (Å²) in [5, 5.41) is 4.63. The van der Waals surface area contributed by atoms with Crippen molar-refractivity contribution in [2.45, 2.75) is 61.5 Å². The Hall–Kier alpha value is -0.750. The van der Waals surface area contributed by atoms with E-state index in [1.165, 1.54) is 18.9 Å². The van der Waals surface area contributed by atoms with Crippen LogP contribution in [-0.2, 0) is 6.18 Å². The molecule has 6 heteroatoms. The number of aromatic nitrogens is 1. The first kappa shape index (κ1) is 16.6. The van der Waals surface area contributed by atoms with Crippen LogP contribution in [0.4, 0.5) is 13.2 Å². The van der Waals surface area contributed by atoms with Gasteiger partial charge in [-0.25, -0.2) is 4.98 Å². The molecule has 2 rings (SSSR count). The molecule has 1 aromatic rings. The molecule has 2 nitrogen and oxygen atoms in total. The molecular formula is C15H21F3N2S. The molecule has 0 aromatic carbocycles. The smallest absolute Gasteiger partial charge is 0.313 e. The highest BCUT2D eigenvalue weighted by atomic mass is 32.2. The average Bonchev–Trinajstić information content (AvgIpc) is 2.46. The van der Waals surface area contributed by atoms with E-state index < -0.39 is 11.7 Å². The molecule has 0 spiro atoms. The van der Waals surface area contributed by atoms with E-state index in [1.54, 1.807) is 11.8 Å². The molecule has 1 heterocycles. The fourth-order valence-electron chi connectivity index (χ4n) is 2.57. The summed E-state index contributed by atoms with van der Waals surface area (Å²) >= 11 is 1.60. The Balaban J connectivity index is 1.98. The summed E-state index contributed by atoms with van der Waals surface area (Å²) in [6.45, 7) is 3.12. The zero-order valence-corrected chi connectivity index (χ0v) is 12.9. The van der Waals surface area contributed by atoms with Gasteiger partial charge in [-0.2, -0.15) is 13.2 Å². The van der Waals surface area contributed by atoms with E-state index in [2.05, 4.69) is 17.2 Å². The van der Waals surface area contributed by atoms with E-state index in [1.807, 2.05) is 0 Å². The number of alkyl halides is 3. The van der Waals surface area contributed by atoms with E-state index in [9.17, 15) is 13.2 Å². The Bertz CT molecular complexity index is 434. The van der Waals surface area contributed by atoms with Crippen molar-refractivity contribution in [3.05, 3.63) is 23.9 Å². The molecule has 1 aromatic heterocycles. The van der Waals surface area contributed by atoms with Gasteiger partial charge < -0.3 is 5.32 Å². The summed E-state index contributed by atoms with van der Waals surface area (Å²) in [6.07, 6.45) is 2.34. The zero-order chi connectivity index (χ0) is 15.3. The number of halogens is 3. The molecule has 0 radical (unpaired) electrons. The van der Waals surface area contributed by atoms with Crippen LogP contribution in [0, 0.1) is 0 Å². The highest BCUT2D eigenvalue weighted by Crippen LogP contribution is 2.34. The van der Waals surface area contributed by atoms with Crippen LogP contribution in [0.2, 0.25) is 0 Å². The lowest BCUT2D eigenvalue weighted by molar-refractivity contribution is -0.137. The molecule has 1 aliphatic carbocycles. The maximum atomic E-state index is 12.5. The highest BCUT2D eigenvalue weighted by molar-refractivity contribution is 7.99. The standard InChI is InChI=1S/C15H21F3N2S/c1-2-9-19-12-5-3-4-6-13(12)21-14-8-7-11(10-20-14)15(16,17)18/h7-8,10,12-13,19H,2-6,9H2,1H3. The van der Waals surface area contributed by atoms with Crippen molar-refractivity contribution in [1.82, 2.24) is 10.3 Å². The predicted octanol–water partition coefficient (Wildman–Crippen LogP) is 4.50. The summed E-state index contributed by atoms with van der Waals surface area (Å²) < 4.78 is 37.6. The largest absolute Gasteiger partial charge is 0.417 e. The molecule has 2 unspecified atom stereocenters. The number of hydrogen-bond donors (Lipinski definition) is 1. The third-order valence-electron chi connectivity index (χ3n) is 3.69. The first-order valence-electron chi connectivity index (χ1n) is 7.44. The van der Waals surface area contributed by atoms with Gasteiger partial charge in [0, 0.05) is 17.5 Å². The van der Waals surface area contributed by atoms with Crippen LogP contribution in [-0.4, -0.2) is 22.8 Å². The first-order valence-corrected chi connectivity index (χ1v) is 8.32. The minimum Gasteiger partial charge on any atom is -0.313 e. The molecule has 0 saturated heterocycles. The predicted molar refractivity (Wildman–Crippen MR) is 79.4 cm³/mol. The van der Waals surface area contributed by atoms with E-state index in [4.69, 9.17) is 0 Å². The Morgan fingerprint density at radius 2 is 2.05 bits per heavy atom. The fourth-order valence-corrected chi connectivity index (χ4v) is 3.83. The maximum absolute atomic E-state index is 12.5. The zero-order valence-electron chi connectivity index (χ0n) is 12.1. The summed E-state index contributed by atoms with van der Waals surface area (Å²) in [5.74, 6) is 0. The van der Waals surface area contributed by atoms with Crippen LogP contribution < -0.4 is 5.32 Å². The quantitative estimate of drug-likeness (QED) is 0.865. The molecule has 21 heavy (non-hydrogen) atoms. The molecule has 1 N–H and O–H groups in total. The van der Waals surface area contributed by atoms with Crippen LogP contribution in [0.3, 0.4) is 0 Å². The fraction of sp³-hybridized carbons (Fsp3) is 0.667. The van der Waals surface area contributed by atoms with Gasteiger partial charge in [-0.05, 0) is 37.9 Å². The Labute approximate surface area is 127 Å². The Kier molecular flexibility index (Phi) is 5.93. The lowest BCUT2D eigenvalue weighted by Gasteiger charge is -2.31. The van der Waals surface area contributed by atoms with Gasteiger partial charge in [0.05, 0.1) is 10.6 Å². The van der Waals surface area contributed by atoms with Crippen molar-refractivity contribution in [3.63, 3.8) is 0 Å². The summed E-state index contributed by atoms with van der Waals surface area (Å²) in [4.78, 5) is 3.97. The second-order valence-corrected chi connectivity index (χ2v) is 6.64. The molecule has 0 amide bonds. The second kappa shape index (κ2) is 7.49. The monoisotopic (exact) mass is 318 g/mol. The number of rotatable bonds is 5. The third-order valence-corrected chi connectivity index (χ3v) is 5.04. The molecular weight excluding hydrogens is 297 g/mol. The normalized spacial score (nSPS) is 23.2. The van der Waals surface area contributed by atoms with Crippen molar-refractivity contribution < 1.29 is 13.2 Å². The van der Waals surface area contributed by atoms with Crippen molar-refractivity contribution in [1.29, 1.82) is 0 Å². The van der Waals surface area contributed by atoms with Crippen molar-refractivity contribution in [3.8, 4) is 0 Å². The average molecular weight is 318 g/mol. The van der Waals surface area contributed by atoms with E-state index >= 15 is 0 Å². The molecule has 1 saturated carbocycles. The van der Waals surface area contributed by atoms with Crippen LogP contribution in [0.15, 0.2) is 23.4 Å². The number of nitrogens with zero attached hydrogens (tertiary/aromatic N) is 1. The lowest BCUT2D eigenvalue weighted by atomic mass is 9.95. The summed E-state index contributed by atoms with van der Waals surface area (Å²) in [6, 6.07) is 3.04. The minimum absolute atomic E-state index is 0.398. The van der Waals surface area contributed by atoms with Crippen LogP contribution in [0.5, 0.6) is 0 Å². The van der Waals surface area contributed by atoms with Crippen molar-refractivity contribution in [2.75, 3.05) is 6.54 Å². The van der Waals surface area contributed by atoms with E-state index in [-0.39, 0.29) is 0 Å². The molecule has 118 valence electrons. The topological polar surface area (TPSA) is 24.9 Å². The van der Waals surface area contributed by atoms with Gasteiger partial charge in [0.1, 0.15) is 0 Å². The minimum atomic E-state index is -4.31.